The van der Waals surface area contributed by atoms with E-state index in [0.29, 0.717) is 27.2 Å². The van der Waals surface area contributed by atoms with Gasteiger partial charge < -0.3 is 4.42 Å². The zero-order chi connectivity index (χ0) is 18.1. The van der Waals surface area contributed by atoms with E-state index in [0.717, 1.165) is 15.4 Å². The first kappa shape index (κ1) is 18.5. The van der Waals surface area contributed by atoms with Crippen molar-refractivity contribution in [3.05, 3.63) is 59.8 Å². The minimum absolute atomic E-state index is 0.0907. The average molecular weight is 532 g/mol. The van der Waals surface area contributed by atoms with Crippen LogP contribution in [0, 0.1) is 0 Å². The van der Waals surface area contributed by atoms with Crippen molar-refractivity contribution in [2.75, 3.05) is 0 Å². The normalized spacial score (nSPS) is 13.0. The van der Waals surface area contributed by atoms with Crippen molar-refractivity contribution in [3.8, 4) is 0 Å². The molecule has 0 radical (unpaired) electrons. The number of halogens is 3. The summed E-state index contributed by atoms with van der Waals surface area (Å²) in [6.07, 6.45) is 2.36. The van der Waals surface area contributed by atoms with Gasteiger partial charge in [0.2, 0.25) is 0 Å². The van der Waals surface area contributed by atoms with Crippen LogP contribution in [0.5, 0.6) is 0 Å². The number of fused-ring (bicyclic) bond motifs is 1. The number of hydrogen-bond donors (Lipinski definition) is 0. The molecule has 0 saturated carbocycles. The van der Waals surface area contributed by atoms with Crippen LogP contribution in [0.3, 0.4) is 0 Å². The van der Waals surface area contributed by atoms with Crippen LogP contribution in [0.15, 0.2) is 52.2 Å². The van der Waals surface area contributed by atoms with Crippen molar-refractivity contribution in [1.29, 1.82) is 0 Å². The fourth-order valence-electron chi connectivity index (χ4n) is 2.32. The molecule has 0 fully saturated rings. The third-order valence-electron chi connectivity index (χ3n) is 3.85. The van der Waals surface area contributed by atoms with Crippen LogP contribution in [0.1, 0.15) is 37.8 Å². The lowest BCUT2D eigenvalue weighted by Gasteiger charge is -2.13. The second-order valence-corrected chi connectivity index (χ2v) is 8.06. The van der Waals surface area contributed by atoms with Gasteiger partial charge in [-0.25, -0.2) is 4.98 Å². The molecule has 1 atom stereocenters. The molecule has 1 aromatic carbocycles. The number of hydrogen-bond acceptors (Lipinski definition) is 4. The highest BCUT2D eigenvalue weighted by atomic mass is 79.9. The van der Waals surface area contributed by atoms with Crippen molar-refractivity contribution in [1.82, 2.24) is 9.66 Å². The number of benzene rings is 1. The maximum Gasteiger partial charge on any atom is 0.282 e. The van der Waals surface area contributed by atoms with Gasteiger partial charge in [-0.05, 0) is 56.5 Å². The molecule has 2 aromatic heterocycles. The fraction of sp³-hybridized carbons (Fsp3) is 0.235. The van der Waals surface area contributed by atoms with Crippen LogP contribution in [0.2, 0.25) is 0 Å². The molecule has 0 bridgehead atoms. The van der Waals surface area contributed by atoms with Gasteiger partial charge in [-0.2, -0.15) is 9.78 Å². The molecule has 5 nitrogen and oxygen atoms in total. The van der Waals surface area contributed by atoms with E-state index in [1.165, 1.54) is 10.9 Å². The SMILES string of the molecule is CC[C@H](C)c1nc2ccc(Br)cc2c(=O)n1N=Cc1cc(Br)c(Br)o1. The van der Waals surface area contributed by atoms with Gasteiger partial charge in [-0.1, -0.05) is 29.8 Å². The highest BCUT2D eigenvalue weighted by Gasteiger charge is 2.15. The largest absolute Gasteiger partial charge is 0.447 e. The molecule has 130 valence electrons. The molecule has 3 rings (SSSR count). The summed E-state index contributed by atoms with van der Waals surface area (Å²) < 4.78 is 9.02. The molecular formula is C17H14Br3N3O2. The summed E-state index contributed by atoms with van der Waals surface area (Å²) in [5.41, 5.74) is 0.459. The Hall–Kier alpha value is -1.25. The van der Waals surface area contributed by atoms with Gasteiger partial charge in [0.25, 0.3) is 5.56 Å². The molecule has 0 aliphatic heterocycles. The lowest BCUT2D eigenvalue weighted by atomic mass is 10.1. The summed E-state index contributed by atoms with van der Waals surface area (Å²) in [4.78, 5) is 17.6. The van der Waals surface area contributed by atoms with Crippen LogP contribution in [0.4, 0.5) is 0 Å². The van der Waals surface area contributed by atoms with E-state index in [1.54, 1.807) is 12.1 Å². The van der Waals surface area contributed by atoms with E-state index in [1.807, 2.05) is 19.1 Å². The Morgan fingerprint density at radius 1 is 1.32 bits per heavy atom. The molecule has 0 saturated heterocycles. The summed E-state index contributed by atoms with van der Waals surface area (Å²) in [5, 5.41) is 4.86. The minimum atomic E-state index is -0.206. The number of nitrogens with zero attached hydrogens (tertiary/aromatic N) is 3. The van der Waals surface area contributed by atoms with Gasteiger partial charge in [0.05, 0.1) is 21.6 Å². The zero-order valence-corrected chi connectivity index (χ0v) is 18.2. The van der Waals surface area contributed by atoms with Crippen molar-refractivity contribution in [2.24, 2.45) is 5.10 Å². The van der Waals surface area contributed by atoms with Crippen LogP contribution in [-0.2, 0) is 0 Å². The van der Waals surface area contributed by atoms with E-state index < -0.39 is 0 Å². The van der Waals surface area contributed by atoms with Crippen LogP contribution in [0.25, 0.3) is 10.9 Å². The third kappa shape index (κ3) is 3.80. The topological polar surface area (TPSA) is 60.4 Å². The van der Waals surface area contributed by atoms with Gasteiger partial charge in [0.15, 0.2) is 4.67 Å². The van der Waals surface area contributed by atoms with Crippen molar-refractivity contribution < 1.29 is 4.42 Å². The Labute approximate surface area is 169 Å². The summed E-state index contributed by atoms with van der Waals surface area (Å²) in [5.74, 6) is 1.24. The fourth-order valence-corrected chi connectivity index (χ4v) is 3.29. The van der Waals surface area contributed by atoms with Crippen LogP contribution < -0.4 is 5.56 Å². The average Bonchev–Trinajstić information content (AvgIpc) is 2.91. The standard InChI is InChI=1S/C17H14Br3N3O2/c1-3-9(2)16-22-14-5-4-10(18)6-12(14)17(24)23(16)21-8-11-7-13(19)15(20)25-11/h4-9H,3H2,1-2H3/t9-/m0/s1. The highest BCUT2D eigenvalue weighted by molar-refractivity contribution is 9.13. The molecule has 0 aliphatic carbocycles. The smallest absolute Gasteiger partial charge is 0.282 e. The van der Waals surface area contributed by atoms with Gasteiger partial charge in [0.1, 0.15) is 11.6 Å². The van der Waals surface area contributed by atoms with Crippen molar-refractivity contribution >= 4 is 64.9 Å². The van der Waals surface area contributed by atoms with E-state index in [4.69, 9.17) is 4.42 Å². The molecule has 0 spiro atoms. The quantitative estimate of drug-likeness (QED) is 0.407. The predicted molar refractivity (Wildman–Crippen MR) is 110 cm³/mol. The molecule has 2 heterocycles. The molecule has 3 aromatic rings. The van der Waals surface area contributed by atoms with E-state index >= 15 is 0 Å². The third-order valence-corrected chi connectivity index (χ3v) is 6.05. The summed E-state index contributed by atoms with van der Waals surface area (Å²) in [6, 6.07) is 7.24. The van der Waals surface area contributed by atoms with E-state index in [2.05, 4.69) is 64.8 Å². The lowest BCUT2D eigenvalue weighted by Crippen LogP contribution is -2.23. The molecule has 0 unspecified atom stereocenters. The Kier molecular flexibility index (Phi) is 5.60. The zero-order valence-electron chi connectivity index (χ0n) is 13.5. The Morgan fingerprint density at radius 2 is 2.08 bits per heavy atom. The Morgan fingerprint density at radius 3 is 2.72 bits per heavy atom. The second-order valence-electron chi connectivity index (χ2n) is 5.57. The van der Waals surface area contributed by atoms with Crippen LogP contribution >= 0.6 is 47.8 Å². The summed E-state index contributed by atoms with van der Waals surface area (Å²) >= 11 is 10.0. The molecular weight excluding hydrogens is 518 g/mol. The van der Waals surface area contributed by atoms with Crippen LogP contribution in [-0.4, -0.2) is 15.9 Å². The first-order chi connectivity index (χ1) is 11.9. The second kappa shape index (κ2) is 7.55. The molecule has 0 N–H and O–H groups in total. The van der Waals surface area contributed by atoms with Crippen molar-refractivity contribution in [2.45, 2.75) is 26.2 Å². The van der Waals surface area contributed by atoms with E-state index in [9.17, 15) is 4.79 Å². The minimum Gasteiger partial charge on any atom is -0.447 e. The first-order valence-electron chi connectivity index (χ1n) is 7.62. The van der Waals surface area contributed by atoms with Gasteiger partial charge in [0, 0.05) is 16.5 Å². The number of aromatic nitrogens is 2. The molecule has 0 aliphatic rings. The predicted octanol–water partition coefficient (Wildman–Crippen LogP) is 5.67. The molecule has 8 heteroatoms. The highest BCUT2D eigenvalue weighted by Crippen LogP contribution is 2.26. The van der Waals surface area contributed by atoms with Gasteiger partial charge in [-0.3, -0.25) is 4.79 Å². The molecule has 0 amide bonds. The van der Waals surface area contributed by atoms with Gasteiger partial charge >= 0.3 is 0 Å². The molecule has 25 heavy (non-hydrogen) atoms. The first-order valence-corrected chi connectivity index (χ1v) is 10.00. The maximum atomic E-state index is 13.0. The lowest BCUT2D eigenvalue weighted by molar-refractivity contribution is 0.531. The van der Waals surface area contributed by atoms with Crippen molar-refractivity contribution in [3.63, 3.8) is 0 Å². The monoisotopic (exact) mass is 529 g/mol. The Balaban J connectivity index is 2.19. The summed E-state index contributed by atoms with van der Waals surface area (Å²) in [7, 11) is 0. The number of rotatable bonds is 4. The van der Waals surface area contributed by atoms with E-state index in [-0.39, 0.29) is 11.5 Å². The summed E-state index contributed by atoms with van der Waals surface area (Å²) in [6.45, 7) is 4.08. The van der Waals surface area contributed by atoms with Gasteiger partial charge in [-0.15, -0.1) is 0 Å². The Bertz CT molecular complexity index is 1000. The number of furan rings is 1. The maximum absolute atomic E-state index is 13.0.